The number of carbonyl (C=O) groups excluding carboxylic acids is 1. The number of methoxy groups -OCH3 is 1. The molecule has 0 bridgehead atoms. The summed E-state index contributed by atoms with van der Waals surface area (Å²) in [5.41, 5.74) is 0. The molecule has 100 valence electrons. The highest BCUT2D eigenvalue weighted by molar-refractivity contribution is 7.87. The highest BCUT2D eigenvalue weighted by Gasteiger charge is 2.31. The fourth-order valence-electron chi connectivity index (χ4n) is 1.82. The molecule has 1 aliphatic heterocycles. The SMILES string of the molecule is CCCNS(=O)(=O)N1CCC(C(=O)OC)CC1. The summed E-state index contributed by atoms with van der Waals surface area (Å²) in [5.74, 6) is -0.416. The maximum atomic E-state index is 11.8. The van der Waals surface area contributed by atoms with E-state index in [0.29, 0.717) is 32.5 Å². The third-order valence-electron chi connectivity index (χ3n) is 2.86. The topological polar surface area (TPSA) is 75.7 Å². The second-order valence-corrected chi connectivity index (χ2v) is 5.85. The van der Waals surface area contributed by atoms with Gasteiger partial charge in [0.25, 0.3) is 10.2 Å². The average Bonchev–Trinajstić information content (AvgIpc) is 2.35. The Hall–Kier alpha value is -0.660. The lowest BCUT2D eigenvalue weighted by atomic mass is 9.99. The summed E-state index contributed by atoms with van der Waals surface area (Å²) in [6.45, 7) is 3.10. The van der Waals surface area contributed by atoms with Gasteiger partial charge in [-0.25, -0.2) is 4.72 Å². The molecule has 7 heteroatoms. The normalized spacial score (nSPS) is 19.2. The van der Waals surface area contributed by atoms with Gasteiger partial charge in [0.15, 0.2) is 0 Å². The van der Waals surface area contributed by atoms with Crippen molar-refractivity contribution in [1.82, 2.24) is 9.03 Å². The van der Waals surface area contributed by atoms with Gasteiger partial charge in [-0.2, -0.15) is 12.7 Å². The number of ether oxygens (including phenoxy) is 1. The summed E-state index contributed by atoms with van der Waals surface area (Å²) in [5, 5.41) is 0. The van der Waals surface area contributed by atoms with Crippen molar-refractivity contribution in [3.63, 3.8) is 0 Å². The molecular weight excluding hydrogens is 244 g/mol. The van der Waals surface area contributed by atoms with Crippen LogP contribution in [0.3, 0.4) is 0 Å². The standard InChI is InChI=1S/C10H20N2O4S/c1-3-6-11-17(14,15)12-7-4-9(5-8-12)10(13)16-2/h9,11H,3-8H2,1-2H3. The number of esters is 1. The van der Waals surface area contributed by atoms with Crippen molar-refractivity contribution in [2.24, 2.45) is 5.92 Å². The monoisotopic (exact) mass is 264 g/mol. The second-order valence-electron chi connectivity index (χ2n) is 4.10. The van der Waals surface area contributed by atoms with E-state index in [9.17, 15) is 13.2 Å². The Bertz CT molecular complexity index is 347. The molecule has 1 aliphatic rings. The Morgan fingerprint density at radius 3 is 2.47 bits per heavy atom. The Morgan fingerprint density at radius 2 is 2.00 bits per heavy atom. The molecule has 0 aliphatic carbocycles. The van der Waals surface area contributed by atoms with Crippen LogP contribution in [0.4, 0.5) is 0 Å². The smallest absolute Gasteiger partial charge is 0.308 e. The molecule has 1 saturated heterocycles. The van der Waals surface area contributed by atoms with E-state index >= 15 is 0 Å². The molecular formula is C10H20N2O4S. The van der Waals surface area contributed by atoms with E-state index < -0.39 is 10.2 Å². The molecule has 0 amide bonds. The summed E-state index contributed by atoms with van der Waals surface area (Å²) < 4.78 is 32.1. The zero-order valence-electron chi connectivity index (χ0n) is 10.3. The zero-order chi connectivity index (χ0) is 12.9. The van der Waals surface area contributed by atoms with Crippen LogP contribution in [0.2, 0.25) is 0 Å². The lowest BCUT2D eigenvalue weighted by Crippen LogP contribution is -2.46. The van der Waals surface area contributed by atoms with Crippen LogP contribution < -0.4 is 4.72 Å². The Morgan fingerprint density at radius 1 is 1.41 bits per heavy atom. The van der Waals surface area contributed by atoms with Crippen LogP contribution in [0.15, 0.2) is 0 Å². The van der Waals surface area contributed by atoms with E-state index in [0.717, 1.165) is 6.42 Å². The average molecular weight is 264 g/mol. The van der Waals surface area contributed by atoms with E-state index in [-0.39, 0.29) is 11.9 Å². The molecule has 0 aromatic rings. The maximum Gasteiger partial charge on any atom is 0.308 e. The van der Waals surface area contributed by atoms with Crippen molar-refractivity contribution in [2.75, 3.05) is 26.7 Å². The molecule has 1 rings (SSSR count). The lowest BCUT2D eigenvalue weighted by Gasteiger charge is -2.29. The predicted octanol–water partition coefficient (Wildman–Crippen LogP) is 0.116. The van der Waals surface area contributed by atoms with Gasteiger partial charge in [0.05, 0.1) is 13.0 Å². The predicted molar refractivity (Wildman–Crippen MR) is 63.5 cm³/mol. The minimum atomic E-state index is -3.37. The quantitative estimate of drug-likeness (QED) is 0.715. The van der Waals surface area contributed by atoms with Crippen molar-refractivity contribution < 1.29 is 17.9 Å². The van der Waals surface area contributed by atoms with Gasteiger partial charge in [0, 0.05) is 19.6 Å². The highest BCUT2D eigenvalue weighted by atomic mass is 32.2. The summed E-state index contributed by atoms with van der Waals surface area (Å²) in [6, 6.07) is 0. The number of piperidine rings is 1. The fraction of sp³-hybridized carbons (Fsp3) is 0.900. The number of carbonyl (C=O) groups is 1. The first kappa shape index (κ1) is 14.4. The molecule has 0 aromatic heterocycles. The van der Waals surface area contributed by atoms with Crippen LogP contribution in [-0.2, 0) is 19.7 Å². The molecule has 17 heavy (non-hydrogen) atoms. The second kappa shape index (κ2) is 6.32. The van der Waals surface area contributed by atoms with Crippen LogP contribution >= 0.6 is 0 Å². The van der Waals surface area contributed by atoms with Gasteiger partial charge in [-0.3, -0.25) is 4.79 Å². The van der Waals surface area contributed by atoms with Crippen molar-refractivity contribution in [3.05, 3.63) is 0 Å². The van der Waals surface area contributed by atoms with Gasteiger partial charge in [-0.15, -0.1) is 0 Å². The molecule has 0 spiro atoms. The summed E-state index contributed by atoms with van der Waals surface area (Å²) in [6.07, 6.45) is 1.82. The fourth-order valence-corrected chi connectivity index (χ4v) is 3.16. The van der Waals surface area contributed by atoms with E-state index in [1.165, 1.54) is 11.4 Å². The molecule has 6 nitrogen and oxygen atoms in total. The first-order valence-electron chi connectivity index (χ1n) is 5.83. The first-order chi connectivity index (χ1) is 8.01. The number of nitrogens with one attached hydrogen (secondary N) is 1. The molecule has 1 heterocycles. The van der Waals surface area contributed by atoms with Crippen LogP contribution in [0.5, 0.6) is 0 Å². The summed E-state index contributed by atoms with van der Waals surface area (Å²) in [7, 11) is -2.01. The van der Waals surface area contributed by atoms with E-state index in [2.05, 4.69) is 9.46 Å². The summed E-state index contributed by atoms with van der Waals surface area (Å²) >= 11 is 0. The first-order valence-corrected chi connectivity index (χ1v) is 7.27. The zero-order valence-corrected chi connectivity index (χ0v) is 11.1. The molecule has 0 aromatic carbocycles. The molecule has 0 saturated carbocycles. The van der Waals surface area contributed by atoms with Crippen molar-refractivity contribution >= 4 is 16.2 Å². The number of hydrogen-bond acceptors (Lipinski definition) is 4. The Kier molecular flexibility index (Phi) is 5.35. The third-order valence-corrected chi connectivity index (χ3v) is 4.48. The van der Waals surface area contributed by atoms with Gasteiger partial charge >= 0.3 is 5.97 Å². The Balaban J connectivity index is 2.49. The van der Waals surface area contributed by atoms with Crippen molar-refractivity contribution in [3.8, 4) is 0 Å². The minimum Gasteiger partial charge on any atom is -0.469 e. The molecule has 1 fully saturated rings. The number of rotatable bonds is 5. The molecule has 1 N–H and O–H groups in total. The number of hydrogen-bond donors (Lipinski definition) is 1. The summed E-state index contributed by atoms with van der Waals surface area (Å²) in [4.78, 5) is 11.3. The largest absolute Gasteiger partial charge is 0.469 e. The molecule has 0 atom stereocenters. The van der Waals surface area contributed by atoms with Gasteiger partial charge < -0.3 is 4.74 Å². The lowest BCUT2D eigenvalue weighted by molar-refractivity contribution is -0.146. The van der Waals surface area contributed by atoms with E-state index in [4.69, 9.17) is 0 Å². The highest BCUT2D eigenvalue weighted by Crippen LogP contribution is 2.19. The van der Waals surface area contributed by atoms with Gasteiger partial charge in [0.1, 0.15) is 0 Å². The van der Waals surface area contributed by atoms with Crippen LogP contribution in [0.25, 0.3) is 0 Å². The Labute approximate surface area is 102 Å². The van der Waals surface area contributed by atoms with Gasteiger partial charge in [-0.1, -0.05) is 6.92 Å². The van der Waals surface area contributed by atoms with Crippen LogP contribution in [0.1, 0.15) is 26.2 Å². The minimum absolute atomic E-state index is 0.169. The maximum absolute atomic E-state index is 11.8. The third kappa shape index (κ3) is 3.93. The van der Waals surface area contributed by atoms with Crippen molar-refractivity contribution in [2.45, 2.75) is 26.2 Å². The van der Waals surface area contributed by atoms with E-state index in [1.807, 2.05) is 6.92 Å². The molecule has 0 unspecified atom stereocenters. The number of nitrogens with zero attached hydrogens (tertiary/aromatic N) is 1. The van der Waals surface area contributed by atoms with Crippen LogP contribution in [0, 0.1) is 5.92 Å². The van der Waals surface area contributed by atoms with Gasteiger partial charge in [-0.05, 0) is 19.3 Å². The molecule has 0 radical (unpaired) electrons. The van der Waals surface area contributed by atoms with E-state index in [1.54, 1.807) is 0 Å². The van der Waals surface area contributed by atoms with Crippen LogP contribution in [-0.4, -0.2) is 45.4 Å². The van der Waals surface area contributed by atoms with Gasteiger partial charge in [0.2, 0.25) is 0 Å². The van der Waals surface area contributed by atoms with Crippen molar-refractivity contribution in [1.29, 1.82) is 0 Å².